The van der Waals surface area contributed by atoms with Crippen LogP contribution < -0.4 is 5.90 Å². The molecule has 4 heavy (non-hydrogen) atoms. The van der Waals surface area contributed by atoms with Crippen molar-refractivity contribution in [3.63, 3.8) is 0 Å². The minimum atomic E-state index is 0. The van der Waals surface area contributed by atoms with E-state index in [0.29, 0.717) is 0 Å². The monoisotopic (exact) mass is 137 g/mol. The Hall–Kier alpha value is 1.02. The maximum Gasteiger partial charge on any atom is 0 e. The second kappa shape index (κ2) is 35.1. The average molecular weight is 137 g/mol. The van der Waals surface area contributed by atoms with Crippen LogP contribution in [-0.4, -0.2) is 5.21 Å². The molecule has 0 heterocycles. The van der Waals surface area contributed by atoms with Gasteiger partial charge in [0.15, 0.2) is 0 Å². The number of hydrogen-bond donors (Lipinski definition) is 2. The largest absolute Gasteiger partial charge is 0.358 e. The van der Waals surface area contributed by atoms with Gasteiger partial charge in [-0.3, -0.25) is 0 Å². The number of rotatable bonds is 0. The summed E-state index contributed by atoms with van der Waals surface area (Å²) in [5.74, 6) is 3.50. The van der Waals surface area contributed by atoms with E-state index >= 15 is 0 Å². The zero-order valence-electron chi connectivity index (χ0n) is 2.60. The summed E-state index contributed by atoms with van der Waals surface area (Å²) in [6, 6.07) is 0. The molecule has 0 rings (SSSR count). The molecule has 0 amide bonds. The van der Waals surface area contributed by atoms with Crippen molar-refractivity contribution in [3.05, 3.63) is 7.43 Å². The van der Waals surface area contributed by atoms with Crippen molar-refractivity contribution in [3.8, 4) is 0 Å². The molecule has 0 aliphatic carbocycles. The van der Waals surface area contributed by atoms with E-state index in [-0.39, 0.29) is 40.1 Å². The van der Waals surface area contributed by atoms with Crippen LogP contribution in [0.25, 0.3) is 0 Å². The molecular weight excluding hydrogens is 131 g/mol. The van der Waals surface area contributed by atoms with Crippen LogP contribution in [0.5, 0.6) is 0 Å². The first-order chi connectivity index (χ1) is 1.00. The topological polar surface area (TPSA) is 46.2 Å². The molecule has 0 aromatic rings. The summed E-state index contributed by atoms with van der Waals surface area (Å²) >= 11 is 0. The fourth-order valence-electron chi connectivity index (χ4n) is 0. The molecule has 0 aliphatic heterocycles. The fraction of sp³-hybridized carbons (Fsp3) is 0. The van der Waals surface area contributed by atoms with Crippen molar-refractivity contribution in [1.82, 2.24) is 0 Å². The molecule has 0 saturated heterocycles. The molecule has 0 atom stereocenters. The van der Waals surface area contributed by atoms with Crippen LogP contribution in [-0.2, 0) is 32.7 Å². The van der Waals surface area contributed by atoms with Crippen molar-refractivity contribution < 1.29 is 37.9 Å². The summed E-state index contributed by atoms with van der Waals surface area (Å²) in [5, 5.41) is 6.50. The van der Waals surface area contributed by atoms with Crippen LogP contribution in [0, 0.1) is 7.43 Å². The molecule has 0 saturated carbocycles. The zero-order valence-corrected chi connectivity index (χ0v) is 5.44. The van der Waals surface area contributed by atoms with E-state index in [1.165, 1.54) is 0 Å². The standard InChI is InChI=1S/CH3.H3NO.Y/c;1-2;/h1H3;2H,1H2;/q-1;;. The van der Waals surface area contributed by atoms with Gasteiger partial charge in [0.05, 0.1) is 0 Å². The van der Waals surface area contributed by atoms with Gasteiger partial charge in [0, 0.05) is 32.7 Å². The molecule has 25 valence electrons. The first kappa shape index (κ1) is 19.9. The van der Waals surface area contributed by atoms with E-state index in [2.05, 4.69) is 5.90 Å². The Labute approximate surface area is 51.2 Å². The fourth-order valence-corrected chi connectivity index (χ4v) is 0. The molecule has 0 bridgehead atoms. The van der Waals surface area contributed by atoms with Gasteiger partial charge in [-0.15, -0.1) is 0 Å². The maximum absolute atomic E-state index is 6.50. The van der Waals surface area contributed by atoms with Gasteiger partial charge in [0.25, 0.3) is 0 Å². The van der Waals surface area contributed by atoms with E-state index < -0.39 is 0 Å². The quantitative estimate of drug-likeness (QED) is 0.358. The van der Waals surface area contributed by atoms with Crippen LogP contribution in [0.4, 0.5) is 0 Å². The minimum absolute atomic E-state index is 0. The summed E-state index contributed by atoms with van der Waals surface area (Å²) in [6.45, 7) is 0. The Bertz CT molecular complexity index is 8.00. The van der Waals surface area contributed by atoms with E-state index in [0.717, 1.165) is 0 Å². The molecule has 1 radical (unpaired) electrons. The summed E-state index contributed by atoms with van der Waals surface area (Å²) in [4.78, 5) is 0. The van der Waals surface area contributed by atoms with Gasteiger partial charge in [-0.1, -0.05) is 0 Å². The van der Waals surface area contributed by atoms with Crippen LogP contribution in [0.1, 0.15) is 0 Å². The minimum Gasteiger partial charge on any atom is -0.358 e. The summed E-state index contributed by atoms with van der Waals surface area (Å²) in [6.07, 6.45) is 0. The van der Waals surface area contributed by atoms with Crippen molar-refractivity contribution >= 4 is 0 Å². The molecule has 3 heteroatoms. The molecule has 2 nitrogen and oxygen atoms in total. The number of nitrogens with two attached hydrogens (primary N) is 1. The van der Waals surface area contributed by atoms with E-state index in [9.17, 15) is 0 Å². The van der Waals surface area contributed by atoms with E-state index in [1.54, 1.807) is 0 Å². The van der Waals surface area contributed by atoms with Gasteiger partial charge in [-0.05, 0) is 0 Å². The van der Waals surface area contributed by atoms with Crippen molar-refractivity contribution in [2.24, 2.45) is 5.90 Å². The van der Waals surface area contributed by atoms with Gasteiger partial charge < -0.3 is 12.6 Å². The molecule has 0 spiro atoms. The number of hydrogen-bond acceptors (Lipinski definition) is 2. The van der Waals surface area contributed by atoms with Gasteiger partial charge in [-0.25, -0.2) is 5.90 Å². The van der Waals surface area contributed by atoms with Crippen molar-refractivity contribution in [2.75, 3.05) is 0 Å². The molecular formula is CH6NOY-. The molecule has 0 aromatic heterocycles. The Balaban J connectivity index is -0.00000000500. The van der Waals surface area contributed by atoms with E-state index in [1.807, 2.05) is 0 Å². The first-order valence-electron chi connectivity index (χ1n) is 0.258. The van der Waals surface area contributed by atoms with Crippen molar-refractivity contribution in [1.29, 1.82) is 0 Å². The van der Waals surface area contributed by atoms with Gasteiger partial charge in [-0.2, -0.15) is 0 Å². The van der Waals surface area contributed by atoms with E-state index in [4.69, 9.17) is 5.21 Å². The third-order valence-electron chi connectivity index (χ3n) is 0. The van der Waals surface area contributed by atoms with Crippen molar-refractivity contribution in [2.45, 2.75) is 0 Å². The van der Waals surface area contributed by atoms with Gasteiger partial charge >= 0.3 is 0 Å². The van der Waals surface area contributed by atoms with Gasteiger partial charge in [0.2, 0.25) is 0 Å². The van der Waals surface area contributed by atoms with Crippen LogP contribution >= 0.6 is 0 Å². The Morgan fingerprint density at radius 3 is 1.25 bits per heavy atom. The molecule has 0 fully saturated rings. The summed E-state index contributed by atoms with van der Waals surface area (Å²) in [7, 11) is 0. The van der Waals surface area contributed by atoms with Crippen LogP contribution in [0.3, 0.4) is 0 Å². The maximum atomic E-state index is 6.50. The molecule has 0 aromatic carbocycles. The molecule has 0 aliphatic rings. The SMILES string of the molecule is NO.[CH3-].[Y]. The third-order valence-corrected chi connectivity index (χ3v) is 0. The Morgan fingerprint density at radius 2 is 1.25 bits per heavy atom. The third kappa shape index (κ3) is 11.8. The Morgan fingerprint density at radius 1 is 1.25 bits per heavy atom. The zero-order chi connectivity index (χ0) is 2.00. The van der Waals surface area contributed by atoms with Crippen LogP contribution in [0.15, 0.2) is 0 Å². The predicted molar refractivity (Wildman–Crippen MR) is 12.4 cm³/mol. The summed E-state index contributed by atoms with van der Waals surface area (Å²) in [5.41, 5.74) is 0. The second-order valence-corrected chi connectivity index (χ2v) is 0. The average Bonchev–Trinajstić information content (AvgIpc) is 1.00. The second-order valence-electron chi connectivity index (χ2n) is 0. The van der Waals surface area contributed by atoms with Gasteiger partial charge in [0.1, 0.15) is 0 Å². The van der Waals surface area contributed by atoms with Crippen LogP contribution in [0.2, 0.25) is 0 Å². The molecule has 0 unspecified atom stereocenters. The summed E-state index contributed by atoms with van der Waals surface area (Å²) < 4.78 is 0. The molecule has 3 N–H and O–H groups in total. The first-order valence-corrected chi connectivity index (χ1v) is 0.258. The predicted octanol–water partition coefficient (Wildman–Crippen LogP) is -0.218. The normalized spacial score (nSPS) is 1.50. The smallest absolute Gasteiger partial charge is 0 e. The Kier molecular flexibility index (Phi) is 174.